The number of carbonyl (C=O) groups excluding carboxylic acids is 2. The Morgan fingerprint density at radius 1 is 1.12 bits per heavy atom. The highest BCUT2D eigenvalue weighted by Gasteiger charge is 2.35. The van der Waals surface area contributed by atoms with Gasteiger partial charge < -0.3 is 19.8 Å². The van der Waals surface area contributed by atoms with Crippen molar-refractivity contribution in [1.29, 1.82) is 0 Å². The SMILES string of the molecule is Cc1cccc(NC(=O)CN(CC2CCCO2)C(=O)C2CC(c3ccccc3)=NO2)c1C. The number of hydrogen-bond donors (Lipinski definition) is 1. The van der Waals surface area contributed by atoms with Crippen LogP contribution in [0.2, 0.25) is 0 Å². The van der Waals surface area contributed by atoms with Crippen molar-refractivity contribution in [1.82, 2.24) is 4.90 Å². The minimum absolute atomic E-state index is 0.0629. The Bertz CT molecular complexity index is 1000. The molecule has 0 spiro atoms. The molecule has 4 rings (SSSR count). The van der Waals surface area contributed by atoms with Gasteiger partial charge in [0.25, 0.3) is 5.91 Å². The zero-order valence-corrected chi connectivity index (χ0v) is 18.5. The van der Waals surface area contributed by atoms with Gasteiger partial charge in [0.1, 0.15) is 6.54 Å². The summed E-state index contributed by atoms with van der Waals surface area (Å²) in [6.07, 6.45) is 1.41. The smallest absolute Gasteiger partial charge is 0.267 e. The third kappa shape index (κ3) is 5.16. The zero-order valence-electron chi connectivity index (χ0n) is 18.5. The lowest BCUT2D eigenvalue weighted by Gasteiger charge is -2.26. The molecule has 2 amide bonds. The number of benzene rings is 2. The number of oxime groups is 1. The van der Waals surface area contributed by atoms with Crippen molar-refractivity contribution in [2.24, 2.45) is 5.16 Å². The van der Waals surface area contributed by atoms with Gasteiger partial charge in [0.15, 0.2) is 0 Å². The maximum atomic E-state index is 13.3. The molecule has 1 saturated heterocycles. The van der Waals surface area contributed by atoms with Crippen molar-refractivity contribution in [2.75, 3.05) is 25.0 Å². The van der Waals surface area contributed by atoms with E-state index in [1.807, 2.05) is 62.4 Å². The predicted molar refractivity (Wildman–Crippen MR) is 123 cm³/mol. The van der Waals surface area contributed by atoms with Gasteiger partial charge >= 0.3 is 0 Å². The molecule has 0 aromatic heterocycles. The van der Waals surface area contributed by atoms with E-state index in [0.717, 1.165) is 40.9 Å². The van der Waals surface area contributed by atoms with Crippen LogP contribution < -0.4 is 5.32 Å². The Kier molecular flexibility index (Phi) is 6.85. The molecule has 0 saturated carbocycles. The molecule has 1 N–H and O–H groups in total. The molecule has 0 radical (unpaired) electrons. The van der Waals surface area contributed by atoms with E-state index in [1.165, 1.54) is 0 Å². The molecule has 0 bridgehead atoms. The topological polar surface area (TPSA) is 80.2 Å². The van der Waals surface area contributed by atoms with Crippen LogP contribution in [-0.2, 0) is 19.2 Å². The van der Waals surface area contributed by atoms with Crippen LogP contribution in [0.4, 0.5) is 5.69 Å². The normalized spacial score (nSPS) is 19.9. The maximum absolute atomic E-state index is 13.3. The number of anilines is 1. The molecular weight excluding hydrogens is 406 g/mol. The molecule has 2 heterocycles. The number of ether oxygens (including phenoxy) is 1. The van der Waals surface area contributed by atoms with E-state index in [1.54, 1.807) is 4.90 Å². The fraction of sp³-hybridized carbons (Fsp3) is 0.400. The molecule has 2 aliphatic rings. The highest BCUT2D eigenvalue weighted by atomic mass is 16.6. The van der Waals surface area contributed by atoms with Crippen molar-refractivity contribution < 1.29 is 19.2 Å². The second-order valence-corrected chi connectivity index (χ2v) is 8.35. The van der Waals surface area contributed by atoms with Gasteiger partial charge in [-0.1, -0.05) is 47.6 Å². The lowest BCUT2D eigenvalue weighted by molar-refractivity contribution is -0.145. The quantitative estimate of drug-likeness (QED) is 0.723. The van der Waals surface area contributed by atoms with E-state index in [4.69, 9.17) is 9.57 Å². The Morgan fingerprint density at radius 2 is 1.94 bits per heavy atom. The lowest BCUT2D eigenvalue weighted by atomic mass is 10.0. The van der Waals surface area contributed by atoms with Crippen LogP contribution in [0.25, 0.3) is 0 Å². The second-order valence-electron chi connectivity index (χ2n) is 8.35. The summed E-state index contributed by atoms with van der Waals surface area (Å²) in [6, 6.07) is 15.4. The van der Waals surface area contributed by atoms with Crippen LogP contribution >= 0.6 is 0 Å². The summed E-state index contributed by atoms with van der Waals surface area (Å²) >= 11 is 0. The molecule has 2 aromatic carbocycles. The van der Waals surface area contributed by atoms with Crippen molar-refractivity contribution in [3.05, 3.63) is 65.2 Å². The monoisotopic (exact) mass is 435 g/mol. The summed E-state index contributed by atoms with van der Waals surface area (Å²) < 4.78 is 5.73. The standard InChI is InChI=1S/C25H29N3O4/c1-17-8-6-12-21(18(17)2)26-24(29)16-28(15-20-11-7-13-31-20)25(30)23-14-22(27-32-23)19-9-4-3-5-10-19/h3-6,8-10,12,20,23H,7,11,13-16H2,1-2H3,(H,26,29). The summed E-state index contributed by atoms with van der Waals surface area (Å²) in [5.74, 6) is -0.487. The molecule has 2 atom stereocenters. The molecular formula is C25H29N3O4. The summed E-state index contributed by atoms with van der Waals surface area (Å²) in [7, 11) is 0. The number of hydrogen-bond acceptors (Lipinski definition) is 5. The summed E-state index contributed by atoms with van der Waals surface area (Å²) in [6.45, 7) is 4.95. The van der Waals surface area contributed by atoms with Crippen molar-refractivity contribution in [3.8, 4) is 0 Å². The van der Waals surface area contributed by atoms with Gasteiger partial charge in [-0.25, -0.2) is 0 Å². The Labute approximate surface area is 188 Å². The first-order valence-corrected chi connectivity index (χ1v) is 11.1. The minimum atomic E-state index is -0.736. The van der Waals surface area contributed by atoms with Gasteiger partial charge in [-0.15, -0.1) is 0 Å². The number of amides is 2. The molecule has 1 fully saturated rings. The highest BCUT2D eigenvalue weighted by molar-refractivity contribution is 6.04. The number of carbonyl (C=O) groups is 2. The molecule has 2 aromatic rings. The van der Waals surface area contributed by atoms with Gasteiger partial charge in [-0.3, -0.25) is 9.59 Å². The van der Waals surface area contributed by atoms with Gasteiger partial charge in [-0.05, 0) is 49.4 Å². The van der Waals surface area contributed by atoms with Crippen LogP contribution in [0.1, 0.15) is 36.0 Å². The fourth-order valence-electron chi connectivity index (χ4n) is 4.03. The Morgan fingerprint density at radius 3 is 2.69 bits per heavy atom. The zero-order chi connectivity index (χ0) is 22.5. The average Bonchev–Trinajstić information content (AvgIpc) is 3.49. The highest BCUT2D eigenvalue weighted by Crippen LogP contribution is 2.21. The van der Waals surface area contributed by atoms with Gasteiger partial charge in [0, 0.05) is 25.3 Å². The maximum Gasteiger partial charge on any atom is 0.267 e. The molecule has 2 unspecified atom stereocenters. The largest absolute Gasteiger partial charge is 0.382 e. The lowest BCUT2D eigenvalue weighted by Crippen LogP contribution is -2.46. The fourth-order valence-corrected chi connectivity index (χ4v) is 4.03. The number of rotatable bonds is 7. The van der Waals surface area contributed by atoms with Crippen LogP contribution in [0.5, 0.6) is 0 Å². The third-order valence-electron chi connectivity index (χ3n) is 6.02. The van der Waals surface area contributed by atoms with Crippen LogP contribution in [0.3, 0.4) is 0 Å². The van der Waals surface area contributed by atoms with E-state index >= 15 is 0 Å². The Hall–Kier alpha value is -3.19. The molecule has 0 aliphatic carbocycles. The minimum Gasteiger partial charge on any atom is -0.382 e. The van der Waals surface area contributed by atoms with E-state index in [9.17, 15) is 9.59 Å². The van der Waals surface area contributed by atoms with E-state index in [0.29, 0.717) is 19.6 Å². The average molecular weight is 436 g/mol. The van der Waals surface area contributed by atoms with Crippen molar-refractivity contribution in [3.63, 3.8) is 0 Å². The molecule has 32 heavy (non-hydrogen) atoms. The predicted octanol–water partition coefficient (Wildman–Crippen LogP) is 3.44. The van der Waals surface area contributed by atoms with Crippen LogP contribution in [0, 0.1) is 13.8 Å². The molecule has 7 heteroatoms. The second kappa shape index (κ2) is 9.96. The van der Waals surface area contributed by atoms with E-state index < -0.39 is 6.10 Å². The first-order valence-electron chi connectivity index (χ1n) is 11.1. The van der Waals surface area contributed by atoms with Crippen LogP contribution in [0.15, 0.2) is 53.7 Å². The van der Waals surface area contributed by atoms with Gasteiger partial charge in [0.05, 0.1) is 11.8 Å². The summed E-state index contributed by atoms with van der Waals surface area (Å²) in [5.41, 5.74) is 4.53. The Balaban J connectivity index is 1.43. The van der Waals surface area contributed by atoms with Crippen molar-refractivity contribution >= 4 is 23.2 Å². The van der Waals surface area contributed by atoms with E-state index in [-0.39, 0.29) is 24.5 Å². The number of nitrogens with zero attached hydrogens (tertiary/aromatic N) is 2. The van der Waals surface area contributed by atoms with Crippen LogP contribution in [-0.4, -0.2) is 54.3 Å². The molecule has 2 aliphatic heterocycles. The molecule has 168 valence electrons. The summed E-state index contributed by atoms with van der Waals surface area (Å²) in [4.78, 5) is 33.2. The first-order chi connectivity index (χ1) is 15.5. The summed E-state index contributed by atoms with van der Waals surface area (Å²) in [5, 5.41) is 7.07. The van der Waals surface area contributed by atoms with Gasteiger partial charge in [0.2, 0.25) is 12.0 Å². The van der Waals surface area contributed by atoms with E-state index in [2.05, 4.69) is 10.5 Å². The van der Waals surface area contributed by atoms with Crippen molar-refractivity contribution in [2.45, 2.75) is 45.3 Å². The third-order valence-corrected chi connectivity index (χ3v) is 6.02. The number of aryl methyl sites for hydroxylation is 1. The first kappa shape index (κ1) is 22.0. The van der Waals surface area contributed by atoms with Gasteiger partial charge in [-0.2, -0.15) is 0 Å². The number of nitrogens with one attached hydrogen (secondary N) is 1. The molecule has 7 nitrogen and oxygen atoms in total.